The number of aromatic nitrogens is 3. The number of H-pyrrole nitrogens is 2. The Morgan fingerprint density at radius 2 is 2.00 bits per heavy atom. The summed E-state index contributed by atoms with van der Waals surface area (Å²) in [5.41, 5.74) is 1.81. The highest BCUT2D eigenvalue weighted by Crippen LogP contribution is 2.31. The zero-order valence-electron chi connectivity index (χ0n) is 13.3. The average molecular weight is 368 g/mol. The highest BCUT2D eigenvalue weighted by atomic mass is 35.5. The van der Waals surface area contributed by atoms with Crippen LogP contribution in [0.1, 0.15) is 13.3 Å². The Morgan fingerprint density at radius 1 is 1.21 bits per heavy atom. The van der Waals surface area contributed by atoms with E-state index < -0.39 is 10.8 Å². The predicted octanol–water partition coefficient (Wildman–Crippen LogP) is 2.87. The maximum absolute atomic E-state index is 11.7. The van der Waals surface area contributed by atoms with E-state index in [1.165, 1.54) is 6.07 Å². The molecule has 2 heterocycles. The normalized spacial score (nSPS) is 11.9. The van der Waals surface area contributed by atoms with Gasteiger partial charge in [-0.2, -0.15) is 0 Å². The highest BCUT2D eigenvalue weighted by molar-refractivity contribution is 7.84. The lowest BCUT2D eigenvalue weighted by Crippen LogP contribution is -2.01. The third-order valence-corrected chi connectivity index (χ3v) is 4.29. The summed E-state index contributed by atoms with van der Waals surface area (Å²) in [5, 5.41) is 0. The van der Waals surface area contributed by atoms with E-state index in [1.54, 1.807) is 24.5 Å². The molecule has 3 rings (SSSR count). The molecule has 0 aliphatic rings. The van der Waals surface area contributed by atoms with E-state index in [0.717, 1.165) is 17.5 Å². The van der Waals surface area contributed by atoms with Gasteiger partial charge in [-0.1, -0.05) is 6.92 Å². The van der Waals surface area contributed by atoms with Gasteiger partial charge in [-0.15, -0.1) is 12.4 Å². The van der Waals surface area contributed by atoms with Crippen molar-refractivity contribution < 1.29 is 8.95 Å². The van der Waals surface area contributed by atoms with Crippen LogP contribution in [0.5, 0.6) is 5.75 Å². The van der Waals surface area contributed by atoms with Crippen LogP contribution in [0, 0.1) is 0 Å². The van der Waals surface area contributed by atoms with Gasteiger partial charge in [0.15, 0.2) is 5.65 Å². The highest BCUT2D eigenvalue weighted by Gasteiger charge is 2.13. The summed E-state index contributed by atoms with van der Waals surface area (Å²) in [5.74, 6) is 1.22. The van der Waals surface area contributed by atoms with E-state index in [2.05, 4.69) is 15.0 Å². The van der Waals surface area contributed by atoms with Crippen LogP contribution >= 0.6 is 12.4 Å². The van der Waals surface area contributed by atoms with Crippen LogP contribution in [0.4, 0.5) is 0 Å². The Kier molecular flexibility index (Phi) is 5.80. The lowest BCUT2D eigenvalue weighted by atomic mass is 10.2. The van der Waals surface area contributed by atoms with E-state index in [0.29, 0.717) is 28.7 Å². The molecule has 6 nitrogen and oxygen atoms in total. The van der Waals surface area contributed by atoms with E-state index in [9.17, 15) is 9.00 Å². The summed E-state index contributed by atoms with van der Waals surface area (Å²) in [6.07, 6.45) is 2.50. The molecule has 2 N–H and O–H groups in total. The molecule has 1 unspecified atom stereocenters. The molecule has 128 valence electrons. The number of rotatable bonds is 5. The van der Waals surface area contributed by atoms with Gasteiger partial charge in [0.2, 0.25) is 5.56 Å². The molecule has 0 aliphatic heterocycles. The van der Waals surface area contributed by atoms with E-state index in [4.69, 9.17) is 4.74 Å². The van der Waals surface area contributed by atoms with Crippen molar-refractivity contribution in [3.8, 4) is 17.1 Å². The molecule has 2 aromatic heterocycles. The summed E-state index contributed by atoms with van der Waals surface area (Å²) in [6, 6.07) is 8.53. The lowest BCUT2D eigenvalue weighted by Gasteiger charge is -2.10. The maximum Gasteiger partial charge on any atom is 0.249 e. The van der Waals surface area contributed by atoms with Gasteiger partial charge in [-0.05, 0) is 30.7 Å². The molecule has 0 saturated heterocycles. The van der Waals surface area contributed by atoms with Crippen molar-refractivity contribution in [2.24, 2.45) is 0 Å². The van der Waals surface area contributed by atoms with Crippen molar-refractivity contribution in [2.75, 3.05) is 12.9 Å². The van der Waals surface area contributed by atoms with Crippen LogP contribution in [-0.2, 0) is 10.8 Å². The standard InChI is InChI=1S/C16H17N3O3S.ClH/c1-3-8-22-13-9-10(23(2)21)4-5-11(13)15-17-12-6-7-14(20)18-16(12)19-15;/h4-7,9H,3,8H2,1-2H3,(H2,17,18,19,20);1H. The molecule has 3 aromatic rings. The fraction of sp³-hybridized carbons (Fsp3) is 0.250. The smallest absolute Gasteiger partial charge is 0.249 e. The van der Waals surface area contributed by atoms with Gasteiger partial charge < -0.3 is 14.7 Å². The second kappa shape index (κ2) is 7.63. The van der Waals surface area contributed by atoms with Gasteiger partial charge in [-0.25, -0.2) is 4.98 Å². The van der Waals surface area contributed by atoms with Gasteiger partial charge in [0.25, 0.3) is 0 Å². The SMILES string of the molecule is CCCOc1cc(S(C)=O)ccc1-c1nc2[nH]c(=O)ccc2[nH]1.Cl. The first-order chi connectivity index (χ1) is 11.1. The van der Waals surface area contributed by atoms with E-state index >= 15 is 0 Å². The summed E-state index contributed by atoms with van der Waals surface area (Å²) in [4.78, 5) is 22.4. The number of nitrogens with one attached hydrogen (secondary N) is 2. The first kappa shape index (κ1) is 18.2. The number of nitrogens with zero attached hydrogens (tertiary/aromatic N) is 1. The van der Waals surface area contributed by atoms with E-state index in [1.807, 2.05) is 13.0 Å². The van der Waals surface area contributed by atoms with Crippen LogP contribution in [-0.4, -0.2) is 32.0 Å². The Labute approximate surface area is 147 Å². The second-order valence-electron chi connectivity index (χ2n) is 5.13. The minimum atomic E-state index is -1.09. The third kappa shape index (κ3) is 3.68. The number of fused-ring (bicyclic) bond motifs is 1. The average Bonchev–Trinajstić information content (AvgIpc) is 2.95. The van der Waals surface area contributed by atoms with Crippen LogP contribution < -0.4 is 10.3 Å². The molecule has 0 spiro atoms. The summed E-state index contributed by atoms with van der Waals surface area (Å²) in [7, 11) is -1.09. The summed E-state index contributed by atoms with van der Waals surface area (Å²) >= 11 is 0. The molecule has 8 heteroatoms. The zero-order chi connectivity index (χ0) is 16.4. The predicted molar refractivity (Wildman–Crippen MR) is 97.5 cm³/mol. The van der Waals surface area contributed by atoms with E-state index in [-0.39, 0.29) is 18.0 Å². The van der Waals surface area contributed by atoms with Gasteiger partial charge in [-0.3, -0.25) is 9.00 Å². The van der Waals surface area contributed by atoms with Gasteiger partial charge in [0, 0.05) is 28.0 Å². The minimum Gasteiger partial charge on any atom is -0.493 e. The van der Waals surface area contributed by atoms with Crippen molar-refractivity contribution in [3.05, 3.63) is 40.7 Å². The molecule has 1 aromatic carbocycles. The number of halogens is 1. The third-order valence-electron chi connectivity index (χ3n) is 3.38. The topological polar surface area (TPSA) is 87.8 Å². The number of aromatic amines is 2. The van der Waals surface area contributed by atoms with Crippen LogP contribution in [0.25, 0.3) is 22.6 Å². The number of hydrogen-bond donors (Lipinski definition) is 2. The van der Waals surface area contributed by atoms with Crippen molar-refractivity contribution in [1.29, 1.82) is 0 Å². The van der Waals surface area contributed by atoms with Crippen molar-refractivity contribution in [3.63, 3.8) is 0 Å². The fourth-order valence-corrected chi connectivity index (χ4v) is 2.79. The fourth-order valence-electron chi connectivity index (χ4n) is 2.26. The number of pyridine rings is 1. The Morgan fingerprint density at radius 3 is 2.71 bits per heavy atom. The number of ether oxygens (including phenoxy) is 1. The lowest BCUT2D eigenvalue weighted by molar-refractivity contribution is 0.318. The molecule has 0 fully saturated rings. The van der Waals surface area contributed by atoms with Crippen LogP contribution in [0.2, 0.25) is 0 Å². The largest absolute Gasteiger partial charge is 0.493 e. The monoisotopic (exact) mass is 367 g/mol. The number of benzene rings is 1. The number of hydrogen-bond acceptors (Lipinski definition) is 4. The molecule has 0 bridgehead atoms. The first-order valence-corrected chi connectivity index (χ1v) is 8.84. The first-order valence-electron chi connectivity index (χ1n) is 7.28. The van der Waals surface area contributed by atoms with Crippen molar-refractivity contribution in [2.45, 2.75) is 18.2 Å². The molecule has 0 radical (unpaired) electrons. The minimum absolute atomic E-state index is 0. The molecule has 0 saturated carbocycles. The summed E-state index contributed by atoms with van der Waals surface area (Å²) < 4.78 is 17.5. The Balaban J connectivity index is 0.00000208. The Bertz CT molecular complexity index is 936. The molecule has 24 heavy (non-hydrogen) atoms. The molecular weight excluding hydrogens is 350 g/mol. The molecular formula is C16H18ClN3O3S. The Hall–Kier alpha value is -2.12. The molecule has 0 aliphatic carbocycles. The summed E-state index contributed by atoms with van der Waals surface area (Å²) in [6.45, 7) is 2.58. The van der Waals surface area contributed by atoms with Gasteiger partial charge >= 0.3 is 0 Å². The zero-order valence-corrected chi connectivity index (χ0v) is 14.9. The molecule has 0 amide bonds. The van der Waals surface area contributed by atoms with Gasteiger partial charge in [0.05, 0.1) is 17.7 Å². The second-order valence-corrected chi connectivity index (χ2v) is 6.51. The van der Waals surface area contributed by atoms with Crippen molar-refractivity contribution in [1.82, 2.24) is 15.0 Å². The van der Waals surface area contributed by atoms with Gasteiger partial charge in [0.1, 0.15) is 11.6 Å². The van der Waals surface area contributed by atoms with Crippen LogP contribution in [0.3, 0.4) is 0 Å². The quantitative estimate of drug-likeness (QED) is 0.725. The maximum atomic E-state index is 11.7. The van der Waals surface area contributed by atoms with Crippen LogP contribution in [0.15, 0.2) is 40.0 Å². The number of imidazole rings is 1. The molecule has 1 atom stereocenters. The van der Waals surface area contributed by atoms with Crippen molar-refractivity contribution >= 4 is 34.4 Å².